The molecule has 1 amide bonds. The van der Waals surface area contributed by atoms with Crippen molar-refractivity contribution in [2.45, 2.75) is 32.4 Å². The molecule has 0 bridgehead atoms. The highest BCUT2D eigenvalue weighted by atomic mass is 16.2. The first kappa shape index (κ1) is 15.2. The van der Waals surface area contributed by atoms with Gasteiger partial charge in [-0.2, -0.15) is 0 Å². The second kappa shape index (κ2) is 6.99. The number of rotatable bonds is 6. The SMILES string of the molecule is CC(C)c1nncn1CCNC(=O)C(N)c1ccccc1. The summed E-state index contributed by atoms with van der Waals surface area (Å²) < 4.78 is 1.94. The summed E-state index contributed by atoms with van der Waals surface area (Å²) in [6.45, 7) is 5.25. The second-order valence-electron chi connectivity index (χ2n) is 5.22. The van der Waals surface area contributed by atoms with Gasteiger partial charge in [-0.1, -0.05) is 44.2 Å². The van der Waals surface area contributed by atoms with Gasteiger partial charge >= 0.3 is 0 Å². The first-order valence-corrected chi connectivity index (χ1v) is 7.05. The van der Waals surface area contributed by atoms with E-state index in [4.69, 9.17) is 5.73 Å². The van der Waals surface area contributed by atoms with Crippen molar-refractivity contribution in [3.8, 4) is 0 Å². The van der Waals surface area contributed by atoms with Crippen LogP contribution in [0.25, 0.3) is 0 Å². The second-order valence-corrected chi connectivity index (χ2v) is 5.22. The number of carbonyl (C=O) groups excluding carboxylic acids is 1. The molecular weight excluding hydrogens is 266 g/mol. The first-order valence-electron chi connectivity index (χ1n) is 7.05. The Morgan fingerprint density at radius 1 is 1.33 bits per heavy atom. The van der Waals surface area contributed by atoms with E-state index in [2.05, 4.69) is 29.4 Å². The molecule has 2 aromatic rings. The van der Waals surface area contributed by atoms with Gasteiger partial charge in [0.25, 0.3) is 0 Å². The number of nitrogens with zero attached hydrogens (tertiary/aromatic N) is 3. The predicted molar refractivity (Wildman–Crippen MR) is 80.5 cm³/mol. The standard InChI is InChI=1S/C15H21N5O/c1-11(2)14-19-18-10-20(14)9-8-17-15(21)13(16)12-6-4-3-5-7-12/h3-7,10-11,13H,8-9,16H2,1-2H3,(H,17,21). The zero-order valence-corrected chi connectivity index (χ0v) is 12.4. The lowest BCUT2D eigenvalue weighted by molar-refractivity contribution is -0.122. The molecule has 2 rings (SSSR count). The Labute approximate surface area is 124 Å². The van der Waals surface area contributed by atoms with Crippen LogP contribution in [0.3, 0.4) is 0 Å². The molecule has 0 aliphatic carbocycles. The zero-order chi connectivity index (χ0) is 15.2. The van der Waals surface area contributed by atoms with Gasteiger partial charge in [-0.3, -0.25) is 4.79 Å². The molecule has 0 radical (unpaired) electrons. The van der Waals surface area contributed by atoms with E-state index in [1.54, 1.807) is 6.33 Å². The molecule has 0 aliphatic rings. The van der Waals surface area contributed by atoms with Crippen LogP contribution in [0.2, 0.25) is 0 Å². The Morgan fingerprint density at radius 2 is 2.05 bits per heavy atom. The highest BCUT2D eigenvalue weighted by Gasteiger charge is 2.15. The van der Waals surface area contributed by atoms with Crippen molar-refractivity contribution in [1.29, 1.82) is 0 Å². The topological polar surface area (TPSA) is 85.8 Å². The van der Waals surface area contributed by atoms with Crippen molar-refractivity contribution in [2.75, 3.05) is 6.54 Å². The number of nitrogens with one attached hydrogen (secondary N) is 1. The van der Waals surface area contributed by atoms with Gasteiger partial charge < -0.3 is 15.6 Å². The summed E-state index contributed by atoms with van der Waals surface area (Å²) >= 11 is 0. The average Bonchev–Trinajstić information content (AvgIpc) is 2.96. The van der Waals surface area contributed by atoms with Crippen LogP contribution in [0.15, 0.2) is 36.7 Å². The third-order valence-corrected chi connectivity index (χ3v) is 3.25. The lowest BCUT2D eigenvalue weighted by Gasteiger charge is -2.13. The van der Waals surface area contributed by atoms with Crippen molar-refractivity contribution in [3.63, 3.8) is 0 Å². The van der Waals surface area contributed by atoms with E-state index in [0.29, 0.717) is 19.0 Å². The maximum atomic E-state index is 12.0. The quantitative estimate of drug-likeness (QED) is 0.836. The maximum Gasteiger partial charge on any atom is 0.241 e. The van der Waals surface area contributed by atoms with Gasteiger partial charge in [0, 0.05) is 19.0 Å². The summed E-state index contributed by atoms with van der Waals surface area (Å²) in [5, 5.41) is 10.8. The van der Waals surface area contributed by atoms with E-state index in [0.717, 1.165) is 11.4 Å². The van der Waals surface area contributed by atoms with E-state index in [1.807, 2.05) is 34.9 Å². The van der Waals surface area contributed by atoms with E-state index in [-0.39, 0.29) is 5.91 Å². The summed E-state index contributed by atoms with van der Waals surface area (Å²) in [6.07, 6.45) is 1.68. The third kappa shape index (κ3) is 3.88. The normalized spacial score (nSPS) is 12.4. The molecule has 0 saturated heterocycles. The molecule has 1 unspecified atom stereocenters. The minimum absolute atomic E-state index is 0.180. The lowest BCUT2D eigenvalue weighted by Crippen LogP contribution is -2.36. The van der Waals surface area contributed by atoms with Crippen molar-refractivity contribution in [3.05, 3.63) is 48.0 Å². The number of carbonyl (C=O) groups is 1. The van der Waals surface area contributed by atoms with Crippen molar-refractivity contribution in [1.82, 2.24) is 20.1 Å². The van der Waals surface area contributed by atoms with Crippen molar-refractivity contribution >= 4 is 5.91 Å². The summed E-state index contributed by atoms with van der Waals surface area (Å²) in [5.74, 6) is 1.03. The Bertz CT molecular complexity index is 579. The highest BCUT2D eigenvalue weighted by Crippen LogP contribution is 2.10. The van der Waals surface area contributed by atoms with Gasteiger partial charge in [-0.25, -0.2) is 0 Å². The van der Waals surface area contributed by atoms with Gasteiger partial charge in [0.15, 0.2) is 0 Å². The number of benzene rings is 1. The van der Waals surface area contributed by atoms with E-state index in [1.165, 1.54) is 0 Å². The predicted octanol–water partition coefficient (Wildman–Crippen LogP) is 1.22. The molecule has 6 nitrogen and oxygen atoms in total. The molecule has 3 N–H and O–H groups in total. The van der Waals surface area contributed by atoms with Crippen LogP contribution in [0.4, 0.5) is 0 Å². The molecule has 0 saturated carbocycles. The fourth-order valence-electron chi connectivity index (χ4n) is 2.10. The highest BCUT2D eigenvalue weighted by molar-refractivity contribution is 5.82. The van der Waals surface area contributed by atoms with Crippen LogP contribution in [-0.2, 0) is 11.3 Å². The summed E-state index contributed by atoms with van der Waals surface area (Å²) in [5.41, 5.74) is 6.74. The molecular formula is C15H21N5O. The Kier molecular flexibility index (Phi) is 5.05. The number of hydrogen-bond acceptors (Lipinski definition) is 4. The Hall–Kier alpha value is -2.21. The van der Waals surface area contributed by atoms with Crippen LogP contribution < -0.4 is 11.1 Å². The lowest BCUT2D eigenvalue weighted by atomic mass is 10.1. The molecule has 0 spiro atoms. The Balaban J connectivity index is 1.86. The van der Waals surface area contributed by atoms with Gasteiger partial charge in [-0.15, -0.1) is 10.2 Å². The number of hydrogen-bond donors (Lipinski definition) is 2. The maximum absolute atomic E-state index is 12.0. The molecule has 1 aromatic carbocycles. The van der Waals surface area contributed by atoms with Crippen LogP contribution in [0, 0.1) is 0 Å². The minimum Gasteiger partial charge on any atom is -0.353 e. The molecule has 21 heavy (non-hydrogen) atoms. The zero-order valence-electron chi connectivity index (χ0n) is 12.4. The van der Waals surface area contributed by atoms with Crippen LogP contribution in [0.1, 0.15) is 37.2 Å². The van der Waals surface area contributed by atoms with Gasteiger partial charge in [-0.05, 0) is 5.56 Å². The van der Waals surface area contributed by atoms with Gasteiger partial charge in [0.1, 0.15) is 18.2 Å². The van der Waals surface area contributed by atoms with Crippen LogP contribution in [0.5, 0.6) is 0 Å². The average molecular weight is 287 g/mol. The molecule has 0 aliphatic heterocycles. The first-order chi connectivity index (χ1) is 10.1. The summed E-state index contributed by atoms with van der Waals surface area (Å²) in [4.78, 5) is 12.0. The summed E-state index contributed by atoms with van der Waals surface area (Å²) in [6, 6.07) is 8.69. The van der Waals surface area contributed by atoms with E-state index in [9.17, 15) is 4.79 Å². The molecule has 112 valence electrons. The number of nitrogens with two attached hydrogens (primary N) is 1. The van der Waals surface area contributed by atoms with Crippen LogP contribution >= 0.6 is 0 Å². The van der Waals surface area contributed by atoms with Crippen LogP contribution in [-0.4, -0.2) is 27.2 Å². The number of aromatic nitrogens is 3. The fraction of sp³-hybridized carbons (Fsp3) is 0.400. The third-order valence-electron chi connectivity index (χ3n) is 3.25. The smallest absolute Gasteiger partial charge is 0.241 e. The van der Waals surface area contributed by atoms with E-state index < -0.39 is 6.04 Å². The Morgan fingerprint density at radius 3 is 2.71 bits per heavy atom. The number of amides is 1. The monoisotopic (exact) mass is 287 g/mol. The van der Waals surface area contributed by atoms with Crippen molar-refractivity contribution in [2.24, 2.45) is 5.73 Å². The fourth-order valence-corrected chi connectivity index (χ4v) is 2.10. The van der Waals surface area contributed by atoms with Gasteiger partial charge in [0.05, 0.1) is 0 Å². The van der Waals surface area contributed by atoms with E-state index >= 15 is 0 Å². The molecule has 1 aromatic heterocycles. The molecule has 6 heteroatoms. The molecule has 1 heterocycles. The minimum atomic E-state index is -0.642. The molecule has 1 atom stereocenters. The van der Waals surface area contributed by atoms with Gasteiger partial charge in [0.2, 0.25) is 5.91 Å². The van der Waals surface area contributed by atoms with Crippen molar-refractivity contribution < 1.29 is 4.79 Å². The molecule has 0 fully saturated rings. The largest absolute Gasteiger partial charge is 0.353 e. The summed E-state index contributed by atoms with van der Waals surface area (Å²) in [7, 11) is 0.